The molecular formula is C18H25N5O2. The Kier molecular flexibility index (Phi) is 6.00. The quantitative estimate of drug-likeness (QED) is 0.831. The number of carbonyl (C=O) groups excluding carboxylic acids is 1. The molecule has 1 aliphatic heterocycles. The summed E-state index contributed by atoms with van der Waals surface area (Å²) in [4.78, 5) is 18.8. The maximum Gasteiger partial charge on any atom is 0.317 e. The van der Waals surface area contributed by atoms with E-state index in [9.17, 15) is 4.79 Å². The van der Waals surface area contributed by atoms with Gasteiger partial charge in [-0.25, -0.2) is 4.79 Å². The largest absolute Gasteiger partial charge is 0.376 e. The standard InChI is InChI=1S/C18H25N5O2/c1-22-12-15(11-21-22)7-9-20-18(24)23(14-17-6-4-10-25-17)13-16-5-2-3-8-19-16/h2-3,5,8,11-12,17H,4,6-7,9-10,13-14H2,1H3,(H,20,24)/t17-/m1/s1. The first-order valence-electron chi connectivity index (χ1n) is 8.72. The highest BCUT2D eigenvalue weighted by Gasteiger charge is 2.23. The second kappa shape index (κ2) is 8.62. The molecule has 134 valence electrons. The van der Waals surface area contributed by atoms with E-state index < -0.39 is 0 Å². The van der Waals surface area contributed by atoms with Crippen LogP contribution in [0.5, 0.6) is 0 Å². The van der Waals surface area contributed by atoms with Crippen LogP contribution in [0.2, 0.25) is 0 Å². The van der Waals surface area contributed by atoms with Gasteiger partial charge in [0.25, 0.3) is 0 Å². The van der Waals surface area contributed by atoms with Crippen molar-refractivity contribution in [1.29, 1.82) is 0 Å². The van der Waals surface area contributed by atoms with Crippen molar-refractivity contribution in [3.05, 3.63) is 48.0 Å². The smallest absolute Gasteiger partial charge is 0.317 e. The van der Waals surface area contributed by atoms with Crippen molar-refractivity contribution in [2.45, 2.75) is 31.9 Å². The second-order valence-electron chi connectivity index (χ2n) is 6.34. The number of hydrogen-bond donors (Lipinski definition) is 1. The Morgan fingerprint density at radius 2 is 2.40 bits per heavy atom. The molecule has 1 atom stereocenters. The van der Waals surface area contributed by atoms with Crippen molar-refractivity contribution in [2.75, 3.05) is 19.7 Å². The van der Waals surface area contributed by atoms with Crippen molar-refractivity contribution in [3.8, 4) is 0 Å². The minimum atomic E-state index is -0.0787. The van der Waals surface area contributed by atoms with Crippen LogP contribution in [0.25, 0.3) is 0 Å². The molecule has 0 aliphatic carbocycles. The minimum absolute atomic E-state index is 0.0787. The van der Waals surface area contributed by atoms with Crippen molar-refractivity contribution >= 4 is 6.03 Å². The van der Waals surface area contributed by atoms with E-state index in [1.165, 1.54) is 0 Å². The van der Waals surface area contributed by atoms with Crippen LogP contribution in [0.4, 0.5) is 4.79 Å². The fourth-order valence-corrected chi connectivity index (χ4v) is 2.97. The van der Waals surface area contributed by atoms with Gasteiger partial charge in [0.2, 0.25) is 0 Å². The molecule has 0 radical (unpaired) electrons. The first-order valence-corrected chi connectivity index (χ1v) is 8.72. The van der Waals surface area contributed by atoms with Gasteiger partial charge in [-0.1, -0.05) is 6.07 Å². The SMILES string of the molecule is Cn1cc(CCNC(=O)N(Cc2ccccn2)C[C@H]2CCCO2)cn1. The summed E-state index contributed by atoms with van der Waals surface area (Å²) in [6.07, 6.45) is 8.48. The lowest BCUT2D eigenvalue weighted by Gasteiger charge is -2.25. The third-order valence-electron chi connectivity index (χ3n) is 4.26. The van der Waals surface area contributed by atoms with Gasteiger partial charge >= 0.3 is 6.03 Å². The number of urea groups is 1. The molecule has 2 aromatic rings. The molecule has 0 bridgehead atoms. The maximum absolute atomic E-state index is 12.6. The summed E-state index contributed by atoms with van der Waals surface area (Å²) in [5.74, 6) is 0. The lowest BCUT2D eigenvalue weighted by atomic mass is 10.2. The number of hydrogen-bond acceptors (Lipinski definition) is 4. The normalized spacial score (nSPS) is 16.8. The van der Waals surface area contributed by atoms with E-state index in [0.29, 0.717) is 19.6 Å². The summed E-state index contributed by atoms with van der Waals surface area (Å²) in [7, 11) is 1.89. The fraction of sp³-hybridized carbons (Fsp3) is 0.500. The van der Waals surface area contributed by atoms with Crippen LogP contribution in [0, 0.1) is 0 Å². The Hall–Kier alpha value is -2.41. The van der Waals surface area contributed by atoms with Crippen LogP contribution in [-0.2, 0) is 24.8 Å². The number of aromatic nitrogens is 3. The van der Waals surface area contributed by atoms with Crippen molar-refractivity contribution in [1.82, 2.24) is 25.0 Å². The van der Waals surface area contributed by atoms with Gasteiger partial charge in [0, 0.05) is 39.1 Å². The predicted octanol–water partition coefficient (Wildman–Crippen LogP) is 1.75. The van der Waals surface area contributed by atoms with Crippen LogP contribution in [-0.4, -0.2) is 51.5 Å². The van der Waals surface area contributed by atoms with Gasteiger partial charge in [-0.05, 0) is 37.0 Å². The number of amides is 2. The van der Waals surface area contributed by atoms with Gasteiger partial charge < -0.3 is 15.0 Å². The Balaban J connectivity index is 1.55. The van der Waals surface area contributed by atoms with Crippen molar-refractivity contribution < 1.29 is 9.53 Å². The highest BCUT2D eigenvalue weighted by Crippen LogP contribution is 2.14. The first-order chi connectivity index (χ1) is 12.2. The summed E-state index contributed by atoms with van der Waals surface area (Å²) >= 11 is 0. The number of carbonyl (C=O) groups is 1. The Morgan fingerprint density at radius 1 is 1.48 bits per heavy atom. The molecular weight excluding hydrogens is 318 g/mol. The van der Waals surface area contributed by atoms with Crippen LogP contribution in [0.3, 0.4) is 0 Å². The number of rotatable bonds is 7. The van der Waals surface area contributed by atoms with E-state index in [1.807, 2.05) is 37.6 Å². The highest BCUT2D eigenvalue weighted by atomic mass is 16.5. The first kappa shape index (κ1) is 17.4. The topological polar surface area (TPSA) is 72.3 Å². The average molecular weight is 343 g/mol. The fourth-order valence-electron chi connectivity index (χ4n) is 2.97. The molecule has 0 unspecified atom stereocenters. The van der Waals surface area contributed by atoms with Crippen molar-refractivity contribution in [3.63, 3.8) is 0 Å². The summed E-state index contributed by atoms with van der Waals surface area (Å²) in [6.45, 7) is 2.44. The monoisotopic (exact) mass is 343 g/mol. The molecule has 1 N–H and O–H groups in total. The lowest BCUT2D eigenvalue weighted by molar-refractivity contribution is 0.0792. The van der Waals surface area contributed by atoms with Gasteiger partial charge in [-0.3, -0.25) is 9.67 Å². The molecule has 3 heterocycles. The lowest BCUT2D eigenvalue weighted by Crippen LogP contribution is -2.44. The average Bonchev–Trinajstić information content (AvgIpc) is 3.27. The van der Waals surface area contributed by atoms with Gasteiger partial charge in [0.1, 0.15) is 0 Å². The Bertz CT molecular complexity index is 667. The van der Waals surface area contributed by atoms with Crippen molar-refractivity contribution in [2.24, 2.45) is 7.05 Å². The highest BCUT2D eigenvalue weighted by molar-refractivity contribution is 5.74. The molecule has 3 rings (SSSR count). The third-order valence-corrected chi connectivity index (χ3v) is 4.26. The number of pyridine rings is 1. The molecule has 1 saturated heterocycles. The van der Waals surface area contributed by atoms with E-state index in [1.54, 1.807) is 15.8 Å². The minimum Gasteiger partial charge on any atom is -0.376 e. The van der Waals surface area contributed by atoms with Crippen LogP contribution >= 0.6 is 0 Å². The van der Waals surface area contributed by atoms with E-state index in [4.69, 9.17) is 4.74 Å². The zero-order valence-electron chi connectivity index (χ0n) is 14.6. The summed E-state index contributed by atoms with van der Waals surface area (Å²) in [6, 6.07) is 5.67. The summed E-state index contributed by atoms with van der Waals surface area (Å²) in [5.41, 5.74) is 1.99. The number of nitrogens with zero attached hydrogens (tertiary/aromatic N) is 4. The molecule has 0 aromatic carbocycles. The molecule has 0 spiro atoms. The van der Waals surface area contributed by atoms with E-state index in [-0.39, 0.29) is 12.1 Å². The van der Waals surface area contributed by atoms with E-state index in [2.05, 4.69) is 15.4 Å². The Morgan fingerprint density at radius 3 is 3.08 bits per heavy atom. The molecule has 25 heavy (non-hydrogen) atoms. The number of aryl methyl sites for hydroxylation is 1. The molecule has 2 amide bonds. The van der Waals surface area contributed by atoms with Gasteiger partial charge in [-0.15, -0.1) is 0 Å². The van der Waals surface area contributed by atoms with Gasteiger partial charge in [0.05, 0.1) is 24.5 Å². The number of ether oxygens (including phenoxy) is 1. The molecule has 2 aromatic heterocycles. The van der Waals surface area contributed by atoms with Crippen LogP contribution in [0.15, 0.2) is 36.8 Å². The predicted molar refractivity (Wildman–Crippen MR) is 93.9 cm³/mol. The molecule has 0 saturated carbocycles. The maximum atomic E-state index is 12.6. The van der Waals surface area contributed by atoms with Crippen LogP contribution in [0.1, 0.15) is 24.1 Å². The van der Waals surface area contributed by atoms with Crippen LogP contribution < -0.4 is 5.32 Å². The van der Waals surface area contributed by atoms with E-state index in [0.717, 1.165) is 37.1 Å². The zero-order valence-corrected chi connectivity index (χ0v) is 14.6. The summed E-state index contributed by atoms with van der Waals surface area (Å²) < 4.78 is 7.46. The molecule has 7 heteroatoms. The summed E-state index contributed by atoms with van der Waals surface area (Å²) in [5, 5.41) is 7.14. The molecule has 1 fully saturated rings. The Labute approximate surface area is 148 Å². The molecule has 7 nitrogen and oxygen atoms in total. The second-order valence-corrected chi connectivity index (χ2v) is 6.34. The number of nitrogens with one attached hydrogen (secondary N) is 1. The zero-order chi connectivity index (χ0) is 17.5. The van der Waals surface area contributed by atoms with Gasteiger partial charge in [0.15, 0.2) is 0 Å². The molecule has 1 aliphatic rings. The third kappa shape index (κ3) is 5.29. The van der Waals surface area contributed by atoms with E-state index >= 15 is 0 Å². The van der Waals surface area contributed by atoms with Gasteiger partial charge in [-0.2, -0.15) is 5.10 Å².